The first-order valence-electron chi connectivity index (χ1n) is 5.12. The highest BCUT2D eigenvalue weighted by Gasteiger charge is 2.15. The third-order valence-corrected chi connectivity index (χ3v) is 3.75. The smallest absolute Gasteiger partial charge is 0.189 e. The van der Waals surface area contributed by atoms with E-state index in [0.717, 1.165) is 23.9 Å². The summed E-state index contributed by atoms with van der Waals surface area (Å²) < 4.78 is 0. The van der Waals surface area contributed by atoms with Crippen molar-refractivity contribution in [3.05, 3.63) is 16.9 Å². The van der Waals surface area contributed by atoms with Crippen LogP contribution in [0.25, 0.3) is 0 Å². The summed E-state index contributed by atoms with van der Waals surface area (Å²) >= 11 is 7.64. The molecular weight excluding hydrogens is 230 g/mol. The average molecular weight is 244 g/mol. The third kappa shape index (κ3) is 3.33. The maximum absolute atomic E-state index is 5.89. The van der Waals surface area contributed by atoms with E-state index in [-0.39, 0.29) is 0 Å². The van der Waals surface area contributed by atoms with E-state index in [2.05, 4.69) is 15.3 Å². The van der Waals surface area contributed by atoms with E-state index < -0.39 is 0 Å². The highest BCUT2D eigenvalue weighted by atomic mass is 35.5. The van der Waals surface area contributed by atoms with Crippen LogP contribution in [-0.4, -0.2) is 28.3 Å². The van der Waals surface area contributed by atoms with Crippen molar-refractivity contribution in [1.29, 1.82) is 0 Å². The summed E-state index contributed by atoms with van der Waals surface area (Å²) in [6.07, 6.45) is 2.36. The van der Waals surface area contributed by atoms with E-state index >= 15 is 0 Å². The van der Waals surface area contributed by atoms with Gasteiger partial charge in [0.25, 0.3) is 0 Å². The Kier molecular flexibility index (Phi) is 3.83. The largest absolute Gasteiger partial charge is 0.317 e. The number of halogens is 1. The second-order valence-corrected chi connectivity index (χ2v) is 5.34. The van der Waals surface area contributed by atoms with Gasteiger partial charge in [0.05, 0.1) is 0 Å². The van der Waals surface area contributed by atoms with E-state index in [1.807, 2.05) is 6.92 Å². The maximum Gasteiger partial charge on any atom is 0.189 e. The fourth-order valence-electron chi connectivity index (χ4n) is 1.62. The zero-order valence-corrected chi connectivity index (χ0v) is 10.2. The molecule has 1 N–H and O–H groups in total. The molecule has 0 atom stereocenters. The van der Waals surface area contributed by atoms with Gasteiger partial charge in [0.15, 0.2) is 5.16 Å². The molecule has 2 rings (SSSR count). The van der Waals surface area contributed by atoms with Crippen LogP contribution in [0.5, 0.6) is 0 Å². The number of aryl methyl sites for hydroxylation is 1. The first-order valence-corrected chi connectivity index (χ1v) is 6.38. The lowest BCUT2D eigenvalue weighted by atomic mass is 10.2. The molecule has 0 saturated carbocycles. The van der Waals surface area contributed by atoms with E-state index in [4.69, 9.17) is 11.6 Å². The van der Waals surface area contributed by atoms with Crippen LogP contribution in [0.4, 0.5) is 0 Å². The lowest BCUT2D eigenvalue weighted by molar-refractivity contribution is 0.530. The SMILES string of the molecule is Cc1cc(Cl)nc(SC2CCNCC2)n1. The Hall–Kier alpha value is -0.320. The molecule has 0 aromatic carbocycles. The minimum Gasteiger partial charge on any atom is -0.317 e. The molecule has 0 aliphatic carbocycles. The highest BCUT2D eigenvalue weighted by molar-refractivity contribution is 7.99. The number of nitrogens with one attached hydrogen (secondary N) is 1. The van der Waals surface area contributed by atoms with Crippen molar-refractivity contribution in [2.75, 3.05) is 13.1 Å². The summed E-state index contributed by atoms with van der Waals surface area (Å²) in [7, 11) is 0. The molecule has 1 fully saturated rings. The fraction of sp³-hybridized carbons (Fsp3) is 0.600. The predicted octanol–water partition coefficient (Wildman–Crippen LogP) is 2.28. The normalized spacial score (nSPS) is 18.0. The van der Waals surface area contributed by atoms with Gasteiger partial charge in [-0.05, 0) is 38.9 Å². The van der Waals surface area contributed by atoms with Gasteiger partial charge in [-0.1, -0.05) is 23.4 Å². The Morgan fingerprint density at radius 2 is 2.13 bits per heavy atom. The van der Waals surface area contributed by atoms with Crippen LogP contribution in [-0.2, 0) is 0 Å². The Morgan fingerprint density at radius 3 is 2.80 bits per heavy atom. The number of nitrogens with zero attached hydrogens (tertiary/aromatic N) is 2. The molecule has 82 valence electrons. The Morgan fingerprint density at radius 1 is 1.40 bits per heavy atom. The standard InChI is InChI=1S/C10H14ClN3S/c1-7-6-9(11)14-10(13-7)15-8-2-4-12-5-3-8/h6,8,12H,2-5H2,1H3. The van der Waals surface area contributed by atoms with Crippen molar-refractivity contribution < 1.29 is 0 Å². The number of aromatic nitrogens is 2. The Balaban J connectivity index is 2.02. The fourth-order valence-corrected chi connectivity index (χ4v) is 3.02. The minimum absolute atomic E-state index is 0.541. The molecule has 0 spiro atoms. The van der Waals surface area contributed by atoms with Gasteiger partial charge in [-0.15, -0.1) is 0 Å². The lowest BCUT2D eigenvalue weighted by Crippen LogP contribution is -2.29. The molecule has 3 nitrogen and oxygen atoms in total. The van der Waals surface area contributed by atoms with Gasteiger partial charge in [-0.3, -0.25) is 0 Å². The summed E-state index contributed by atoms with van der Waals surface area (Å²) in [5.41, 5.74) is 0.937. The zero-order chi connectivity index (χ0) is 10.7. The number of piperidine rings is 1. The van der Waals surface area contributed by atoms with Gasteiger partial charge >= 0.3 is 0 Å². The van der Waals surface area contributed by atoms with Crippen molar-refractivity contribution in [3.63, 3.8) is 0 Å². The molecule has 1 aliphatic heterocycles. The molecule has 1 aromatic heterocycles. The Bertz CT molecular complexity index is 319. The maximum atomic E-state index is 5.89. The topological polar surface area (TPSA) is 37.8 Å². The molecule has 0 amide bonds. The molecular formula is C10H14ClN3S. The number of hydrogen-bond donors (Lipinski definition) is 1. The molecule has 1 aliphatic rings. The first-order chi connectivity index (χ1) is 7.24. The van der Waals surface area contributed by atoms with E-state index in [9.17, 15) is 0 Å². The second kappa shape index (κ2) is 5.14. The summed E-state index contributed by atoms with van der Waals surface area (Å²) in [5.74, 6) is 0. The van der Waals surface area contributed by atoms with E-state index in [1.54, 1.807) is 17.8 Å². The van der Waals surface area contributed by atoms with Gasteiger partial charge in [-0.25, -0.2) is 9.97 Å². The van der Waals surface area contributed by atoms with Crippen molar-refractivity contribution in [3.8, 4) is 0 Å². The summed E-state index contributed by atoms with van der Waals surface area (Å²) in [4.78, 5) is 8.60. The molecule has 1 saturated heterocycles. The van der Waals surface area contributed by atoms with Crippen LogP contribution in [0, 0.1) is 6.92 Å². The van der Waals surface area contributed by atoms with Gasteiger partial charge in [0.1, 0.15) is 5.15 Å². The number of rotatable bonds is 2. The summed E-state index contributed by atoms with van der Waals surface area (Å²) in [6, 6.07) is 1.79. The van der Waals surface area contributed by atoms with Crippen molar-refractivity contribution in [2.24, 2.45) is 0 Å². The molecule has 1 aromatic rings. The van der Waals surface area contributed by atoms with Crippen molar-refractivity contribution in [2.45, 2.75) is 30.2 Å². The highest BCUT2D eigenvalue weighted by Crippen LogP contribution is 2.26. The molecule has 0 unspecified atom stereocenters. The number of hydrogen-bond acceptors (Lipinski definition) is 4. The quantitative estimate of drug-likeness (QED) is 0.639. The lowest BCUT2D eigenvalue weighted by Gasteiger charge is -2.21. The van der Waals surface area contributed by atoms with E-state index in [0.29, 0.717) is 10.4 Å². The van der Waals surface area contributed by atoms with Crippen LogP contribution in [0.15, 0.2) is 11.2 Å². The third-order valence-electron chi connectivity index (χ3n) is 2.36. The second-order valence-electron chi connectivity index (χ2n) is 3.68. The van der Waals surface area contributed by atoms with Crippen LogP contribution in [0.1, 0.15) is 18.5 Å². The molecule has 0 radical (unpaired) electrons. The molecule has 0 bridgehead atoms. The first kappa shape index (κ1) is 11.2. The van der Waals surface area contributed by atoms with Gasteiger partial charge < -0.3 is 5.32 Å². The van der Waals surface area contributed by atoms with Crippen LogP contribution in [0.3, 0.4) is 0 Å². The van der Waals surface area contributed by atoms with Crippen LogP contribution < -0.4 is 5.32 Å². The monoisotopic (exact) mass is 243 g/mol. The predicted molar refractivity (Wildman–Crippen MR) is 63.5 cm³/mol. The minimum atomic E-state index is 0.541. The van der Waals surface area contributed by atoms with Crippen molar-refractivity contribution in [1.82, 2.24) is 15.3 Å². The van der Waals surface area contributed by atoms with Gasteiger partial charge in [-0.2, -0.15) is 0 Å². The van der Waals surface area contributed by atoms with Gasteiger partial charge in [0, 0.05) is 10.9 Å². The molecule has 15 heavy (non-hydrogen) atoms. The Labute approximate surface area is 99.0 Å². The summed E-state index contributed by atoms with van der Waals surface area (Å²) in [6.45, 7) is 4.13. The van der Waals surface area contributed by atoms with Gasteiger partial charge in [0.2, 0.25) is 0 Å². The van der Waals surface area contributed by atoms with E-state index in [1.165, 1.54) is 12.8 Å². The number of thioether (sulfide) groups is 1. The van der Waals surface area contributed by atoms with Crippen molar-refractivity contribution >= 4 is 23.4 Å². The average Bonchev–Trinajstić information content (AvgIpc) is 2.17. The molecule has 2 heterocycles. The van der Waals surface area contributed by atoms with Crippen LogP contribution >= 0.6 is 23.4 Å². The zero-order valence-electron chi connectivity index (χ0n) is 8.66. The van der Waals surface area contributed by atoms with Crippen LogP contribution in [0.2, 0.25) is 5.15 Å². The molecule has 5 heteroatoms. The summed E-state index contributed by atoms with van der Waals surface area (Å²) in [5, 5.41) is 5.32.